The molecule has 104 valence electrons. The van der Waals surface area contributed by atoms with Gasteiger partial charge in [0.1, 0.15) is 0 Å². The molecule has 0 fully saturated rings. The van der Waals surface area contributed by atoms with Crippen LogP contribution in [0.3, 0.4) is 0 Å². The first kappa shape index (κ1) is 14.8. The summed E-state index contributed by atoms with van der Waals surface area (Å²) in [6, 6.07) is 17.1. The Balaban J connectivity index is 2.37. The number of halogens is 1. The summed E-state index contributed by atoms with van der Waals surface area (Å²) in [5.74, 6) is 0. The third-order valence-electron chi connectivity index (χ3n) is 3.37. The van der Waals surface area contributed by atoms with Crippen LogP contribution in [0.1, 0.15) is 28.3 Å². The van der Waals surface area contributed by atoms with Gasteiger partial charge in [-0.05, 0) is 30.5 Å². The predicted octanol–water partition coefficient (Wildman–Crippen LogP) is 4.73. The zero-order chi connectivity index (χ0) is 14.5. The lowest BCUT2D eigenvalue weighted by Crippen LogP contribution is -2.24. The van der Waals surface area contributed by atoms with Gasteiger partial charge in [0.05, 0.1) is 6.04 Å². The molecule has 2 rings (SSSR count). The maximum atomic E-state index is 5.90. The van der Waals surface area contributed by atoms with Crippen LogP contribution >= 0.6 is 11.6 Å². The average molecular weight is 286 g/mol. The second-order valence-corrected chi connectivity index (χ2v) is 5.64. The van der Waals surface area contributed by atoms with Gasteiger partial charge in [-0.1, -0.05) is 72.3 Å². The minimum Gasteiger partial charge on any atom is -0.301 e. The van der Waals surface area contributed by atoms with Crippen LogP contribution in [0.4, 0.5) is 0 Å². The smallest absolute Gasteiger partial charge is 0.0582 e. The Bertz CT molecular complexity index is 590. The molecule has 1 atom stereocenters. The third-order valence-corrected chi connectivity index (χ3v) is 3.50. The molecule has 2 aromatic carbocycles. The first-order valence-corrected chi connectivity index (χ1v) is 7.14. The van der Waals surface area contributed by atoms with Gasteiger partial charge in [0.25, 0.3) is 0 Å². The lowest BCUT2D eigenvalue weighted by Gasteiger charge is -2.22. The lowest BCUT2D eigenvalue weighted by molar-refractivity contribution is 0.646. The molecule has 0 bridgehead atoms. The SMILES string of the molecule is C=C(Cl)CNC(c1ccccc1)c1ccc(C)cc1C. The van der Waals surface area contributed by atoms with Gasteiger partial charge in [-0.3, -0.25) is 0 Å². The fraction of sp³-hybridized carbons (Fsp3) is 0.222. The molecule has 0 radical (unpaired) electrons. The van der Waals surface area contributed by atoms with Gasteiger partial charge >= 0.3 is 0 Å². The van der Waals surface area contributed by atoms with E-state index in [0.717, 1.165) is 0 Å². The molecule has 0 heterocycles. The van der Waals surface area contributed by atoms with Crippen molar-refractivity contribution in [2.75, 3.05) is 6.54 Å². The monoisotopic (exact) mass is 285 g/mol. The second kappa shape index (κ2) is 6.74. The van der Waals surface area contributed by atoms with E-state index in [-0.39, 0.29) is 6.04 Å². The molecule has 0 aliphatic rings. The molecule has 0 aromatic heterocycles. The lowest BCUT2D eigenvalue weighted by atomic mass is 9.94. The molecular formula is C18H20ClN. The van der Waals surface area contributed by atoms with Gasteiger partial charge in [0, 0.05) is 11.6 Å². The Morgan fingerprint density at radius 3 is 2.45 bits per heavy atom. The number of aryl methyl sites for hydroxylation is 2. The van der Waals surface area contributed by atoms with Crippen LogP contribution in [0.15, 0.2) is 60.1 Å². The zero-order valence-corrected chi connectivity index (χ0v) is 12.7. The van der Waals surface area contributed by atoms with Crippen LogP contribution in [0.25, 0.3) is 0 Å². The van der Waals surface area contributed by atoms with Crippen LogP contribution in [0.2, 0.25) is 0 Å². The van der Waals surface area contributed by atoms with Crippen molar-refractivity contribution in [1.29, 1.82) is 0 Å². The molecule has 2 aromatic rings. The second-order valence-electron chi connectivity index (χ2n) is 5.10. The molecule has 0 saturated heterocycles. The highest BCUT2D eigenvalue weighted by atomic mass is 35.5. The molecule has 1 N–H and O–H groups in total. The number of hydrogen-bond acceptors (Lipinski definition) is 1. The van der Waals surface area contributed by atoms with Gasteiger partial charge in [0.2, 0.25) is 0 Å². The van der Waals surface area contributed by atoms with Gasteiger partial charge in [0.15, 0.2) is 0 Å². The fourth-order valence-electron chi connectivity index (χ4n) is 2.42. The van der Waals surface area contributed by atoms with E-state index in [4.69, 9.17) is 11.6 Å². The highest BCUT2D eigenvalue weighted by Crippen LogP contribution is 2.25. The highest BCUT2D eigenvalue weighted by Gasteiger charge is 2.15. The van der Waals surface area contributed by atoms with Crippen molar-refractivity contribution in [2.24, 2.45) is 0 Å². The van der Waals surface area contributed by atoms with E-state index in [9.17, 15) is 0 Å². The van der Waals surface area contributed by atoms with E-state index >= 15 is 0 Å². The third kappa shape index (κ3) is 3.72. The largest absolute Gasteiger partial charge is 0.301 e. The van der Waals surface area contributed by atoms with Crippen molar-refractivity contribution in [2.45, 2.75) is 19.9 Å². The van der Waals surface area contributed by atoms with Crippen molar-refractivity contribution in [1.82, 2.24) is 5.32 Å². The van der Waals surface area contributed by atoms with Gasteiger partial charge in [-0.2, -0.15) is 0 Å². The van der Waals surface area contributed by atoms with Gasteiger partial charge in [-0.25, -0.2) is 0 Å². The molecule has 2 heteroatoms. The molecule has 1 unspecified atom stereocenters. The summed E-state index contributed by atoms with van der Waals surface area (Å²) in [7, 11) is 0. The zero-order valence-electron chi connectivity index (χ0n) is 12.0. The van der Waals surface area contributed by atoms with E-state index in [1.165, 1.54) is 22.3 Å². The summed E-state index contributed by atoms with van der Waals surface area (Å²) in [6.07, 6.45) is 0. The molecule has 0 amide bonds. The molecule has 20 heavy (non-hydrogen) atoms. The fourth-order valence-corrected chi connectivity index (χ4v) is 2.49. The Labute approximate surface area is 126 Å². The van der Waals surface area contributed by atoms with E-state index in [2.05, 4.69) is 68.2 Å². The normalized spacial score (nSPS) is 12.2. The summed E-state index contributed by atoms with van der Waals surface area (Å²) in [5.41, 5.74) is 5.07. The molecule has 1 nitrogen and oxygen atoms in total. The van der Waals surface area contributed by atoms with Crippen LogP contribution in [0.5, 0.6) is 0 Å². The van der Waals surface area contributed by atoms with Crippen LogP contribution < -0.4 is 5.32 Å². The topological polar surface area (TPSA) is 12.0 Å². The molecular weight excluding hydrogens is 266 g/mol. The number of hydrogen-bond donors (Lipinski definition) is 1. The minimum absolute atomic E-state index is 0.132. The summed E-state index contributed by atoms with van der Waals surface area (Å²) in [4.78, 5) is 0. The Morgan fingerprint density at radius 1 is 1.15 bits per heavy atom. The van der Waals surface area contributed by atoms with E-state index in [1.54, 1.807) is 0 Å². The average Bonchev–Trinajstić information content (AvgIpc) is 2.42. The number of rotatable bonds is 5. The summed E-state index contributed by atoms with van der Waals surface area (Å²) in [5, 5.41) is 4.10. The van der Waals surface area contributed by atoms with Crippen molar-refractivity contribution in [3.8, 4) is 0 Å². The Morgan fingerprint density at radius 2 is 1.85 bits per heavy atom. The van der Waals surface area contributed by atoms with Crippen molar-refractivity contribution >= 4 is 11.6 Å². The van der Waals surface area contributed by atoms with Crippen LogP contribution in [-0.4, -0.2) is 6.54 Å². The molecule has 0 aliphatic carbocycles. The summed E-state index contributed by atoms with van der Waals surface area (Å²) in [6.45, 7) is 8.61. The number of nitrogens with one attached hydrogen (secondary N) is 1. The molecule has 0 spiro atoms. The van der Waals surface area contributed by atoms with Gasteiger partial charge < -0.3 is 5.32 Å². The molecule has 0 aliphatic heterocycles. The van der Waals surface area contributed by atoms with Gasteiger partial charge in [-0.15, -0.1) is 0 Å². The molecule has 0 saturated carbocycles. The predicted molar refractivity (Wildman–Crippen MR) is 87.2 cm³/mol. The van der Waals surface area contributed by atoms with E-state index in [0.29, 0.717) is 11.6 Å². The highest BCUT2D eigenvalue weighted by molar-refractivity contribution is 6.29. The first-order valence-electron chi connectivity index (χ1n) is 6.76. The Hall–Kier alpha value is -1.57. The van der Waals surface area contributed by atoms with E-state index in [1.807, 2.05) is 6.07 Å². The van der Waals surface area contributed by atoms with Crippen LogP contribution in [-0.2, 0) is 0 Å². The standard InChI is InChI=1S/C18H20ClN/c1-13-9-10-17(14(2)11-13)18(20-12-15(3)19)16-7-5-4-6-8-16/h4-11,18,20H,3,12H2,1-2H3. The first-order chi connectivity index (χ1) is 9.58. The maximum absolute atomic E-state index is 5.90. The Kier molecular flexibility index (Phi) is 4.99. The van der Waals surface area contributed by atoms with Crippen molar-refractivity contribution in [3.63, 3.8) is 0 Å². The maximum Gasteiger partial charge on any atom is 0.0582 e. The number of benzene rings is 2. The quantitative estimate of drug-likeness (QED) is 0.837. The summed E-state index contributed by atoms with van der Waals surface area (Å²) >= 11 is 5.90. The van der Waals surface area contributed by atoms with E-state index < -0.39 is 0 Å². The van der Waals surface area contributed by atoms with Crippen molar-refractivity contribution < 1.29 is 0 Å². The van der Waals surface area contributed by atoms with Crippen molar-refractivity contribution in [3.05, 3.63) is 82.4 Å². The summed E-state index contributed by atoms with van der Waals surface area (Å²) < 4.78 is 0. The van der Waals surface area contributed by atoms with Crippen LogP contribution in [0, 0.1) is 13.8 Å². The minimum atomic E-state index is 0.132.